The molecule has 0 saturated carbocycles. The van der Waals surface area contributed by atoms with Crippen molar-refractivity contribution in [2.75, 3.05) is 33.4 Å². The number of ether oxygens (including phenoxy) is 1. The Balaban J connectivity index is 1.88. The highest BCUT2D eigenvalue weighted by Gasteiger charge is 2.31. The number of hydrogen-bond acceptors (Lipinski definition) is 3. The van der Waals surface area contributed by atoms with Crippen molar-refractivity contribution in [3.8, 4) is 0 Å². The zero-order chi connectivity index (χ0) is 13.8. The van der Waals surface area contributed by atoms with Crippen LogP contribution in [0.3, 0.4) is 0 Å². The van der Waals surface area contributed by atoms with Gasteiger partial charge in [-0.2, -0.15) is 0 Å². The molecule has 0 aromatic heterocycles. The van der Waals surface area contributed by atoms with E-state index in [1.807, 2.05) is 7.05 Å². The van der Waals surface area contributed by atoms with Crippen LogP contribution in [0.25, 0.3) is 0 Å². The van der Waals surface area contributed by atoms with Crippen LogP contribution >= 0.6 is 0 Å². The molecule has 2 fully saturated rings. The third kappa shape index (κ3) is 3.59. The van der Waals surface area contributed by atoms with Crippen molar-refractivity contribution in [3.63, 3.8) is 0 Å². The van der Waals surface area contributed by atoms with Gasteiger partial charge in [0.05, 0.1) is 12.6 Å². The highest BCUT2D eigenvalue weighted by molar-refractivity contribution is 5.75. The summed E-state index contributed by atoms with van der Waals surface area (Å²) < 4.78 is 5.30. The van der Waals surface area contributed by atoms with Crippen LogP contribution in [-0.2, 0) is 9.53 Å². The maximum absolute atomic E-state index is 12.4. The molecule has 0 aliphatic carbocycles. The van der Waals surface area contributed by atoms with Gasteiger partial charge in [0.2, 0.25) is 0 Å². The van der Waals surface area contributed by atoms with Gasteiger partial charge in [0.25, 0.3) is 0 Å². The molecular formula is C13H22N2O4. The molecule has 1 N–H and O–H groups in total. The molecule has 0 spiro atoms. The van der Waals surface area contributed by atoms with Gasteiger partial charge in [0, 0.05) is 33.2 Å². The van der Waals surface area contributed by atoms with Crippen molar-refractivity contribution >= 4 is 12.0 Å². The molecule has 2 heterocycles. The van der Waals surface area contributed by atoms with Gasteiger partial charge in [-0.25, -0.2) is 4.79 Å². The minimum Gasteiger partial charge on any atom is -0.481 e. The summed E-state index contributed by atoms with van der Waals surface area (Å²) in [5.74, 6) is -0.694. The van der Waals surface area contributed by atoms with Crippen LogP contribution in [0.15, 0.2) is 0 Å². The monoisotopic (exact) mass is 270 g/mol. The second kappa shape index (κ2) is 6.23. The number of nitrogens with zero attached hydrogens (tertiary/aromatic N) is 2. The first-order chi connectivity index (χ1) is 9.08. The Morgan fingerprint density at radius 1 is 1.42 bits per heavy atom. The maximum Gasteiger partial charge on any atom is 0.320 e. The minimum absolute atomic E-state index is 0.00517. The molecule has 0 bridgehead atoms. The Morgan fingerprint density at radius 2 is 2.21 bits per heavy atom. The van der Waals surface area contributed by atoms with Crippen LogP contribution in [0.2, 0.25) is 0 Å². The Kier molecular flexibility index (Phi) is 4.63. The number of rotatable bonds is 3. The van der Waals surface area contributed by atoms with E-state index in [4.69, 9.17) is 9.84 Å². The molecule has 0 aromatic rings. The number of piperidine rings is 1. The van der Waals surface area contributed by atoms with Gasteiger partial charge >= 0.3 is 12.0 Å². The summed E-state index contributed by atoms with van der Waals surface area (Å²) >= 11 is 0. The number of carbonyl (C=O) groups is 2. The van der Waals surface area contributed by atoms with Gasteiger partial charge in [0.15, 0.2) is 0 Å². The number of amides is 2. The summed E-state index contributed by atoms with van der Waals surface area (Å²) in [5.41, 5.74) is 0. The number of likely N-dealkylation sites (N-methyl/N-ethyl adjacent to an activating group) is 1. The molecule has 2 aliphatic rings. The van der Waals surface area contributed by atoms with E-state index >= 15 is 0 Å². The Bertz CT molecular complexity index is 342. The summed E-state index contributed by atoms with van der Waals surface area (Å²) in [6.07, 6.45) is 2.82. The normalized spacial score (nSPS) is 27.3. The first kappa shape index (κ1) is 14.1. The summed E-state index contributed by atoms with van der Waals surface area (Å²) in [7, 11) is 1.81. The highest BCUT2D eigenvalue weighted by atomic mass is 16.5. The third-order valence-electron chi connectivity index (χ3n) is 4.01. The molecule has 0 aromatic carbocycles. The lowest BCUT2D eigenvalue weighted by atomic mass is 9.95. The number of urea groups is 1. The van der Waals surface area contributed by atoms with Gasteiger partial charge in [-0.3, -0.25) is 4.79 Å². The van der Waals surface area contributed by atoms with Crippen LogP contribution < -0.4 is 0 Å². The quantitative estimate of drug-likeness (QED) is 0.831. The molecule has 19 heavy (non-hydrogen) atoms. The van der Waals surface area contributed by atoms with Crippen LogP contribution in [0.5, 0.6) is 0 Å². The summed E-state index contributed by atoms with van der Waals surface area (Å²) in [4.78, 5) is 26.7. The number of aliphatic carboxylic acids is 1. The van der Waals surface area contributed by atoms with Crippen molar-refractivity contribution in [1.29, 1.82) is 0 Å². The first-order valence-corrected chi connectivity index (χ1v) is 6.89. The van der Waals surface area contributed by atoms with Crippen molar-refractivity contribution in [2.24, 2.45) is 5.92 Å². The molecule has 0 radical (unpaired) electrons. The average molecular weight is 270 g/mol. The van der Waals surface area contributed by atoms with E-state index in [0.29, 0.717) is 19.8 Å². The minimum atomic E-state index is -0.781. The molecule has 2 saturated heterocycles. The molecule has 108 valence electrons. The number of carbonyl (C=O) groups excluding carboxylic acids is 1. The molecule has 2 rings (SSSR count). The molecule has 2 unspecified atom stereocenters. The summed E-state index contributed by atoms with van der Waals surface area (Å²) in [6, 6.07) is 0.165. The second-order valence-electron chi connectivity index (χ2n) is 5.46. The standard InChI is InChI=1S/C13H22N2O4/c1-14(11-4-6-19-9-11)13(18)15-5-2-3-10(8-15)7-12(16)17/h10-11H,2-9H2,1H3,(H,16,17). The zero-order valence-corrected chi connectivity index (χ0v) is 11.4. The molecule has 2 aliphatic heterocycles. The fourth-order valence-corrected chi connectivity index (χ4v) is 2.86. The van der Waals surface area contributed by atoms with Crippen molar-refractivity contribution in [2.45, 2.75) is 31.7 Å². The average Bonchev–Trinajstić information content (AvgIpc) is 2.90. The number of hydrogen-bond donors (Lipinski definition) is 1. The molecule has 2 amide bonds. The molecule has 2 atom stereocenters. The van der Waals surface area contributed by atoms with E-state index in [2.05, 4.69) is 0 Å². The smallest absolute Gasteiger partial charge is 0.320 e. The summed E-state index contributed by atoms with van der Waals surface area (Å²) in [6.45, 7) is 2.61. The molecule has 6 heteroatoms. The third-order valence-corrected chi connectivity index (χ3v) is 4.01. The Hall–Kier alpha value is -1.30. The molecular weight excluding hydrogens is 248 g/mol. The van der Waals surface area contributed by atoms with Gasteiger partial charge in [-0.05, 0) is 25.2 Å². The van der Waals surface area contributed by atoms with Crippen LogP contribution in [0.4, 0.5) is 4.79 Å². The predicted molar refractivity (Wildman–Crippen MR) is 68.9 cm³/mol. The van der Waals surface area contributed by atoms with Crippen molar-refractivity contribution in [1.82, 2.24) is 9.80 Å². The topological polar surface area (TPSA) is 70.1 Å². The number of carboxylic acid groups (broad SMARTS) is 1. The van der Waals surface area contributed by atoms with E-state index in [1.165, 1.54) is 0 Å². The lowest BCUT2D eigenvalue weighted by Gasteiger charge is -2.36. The van der Waals surface area contributed by atoms with Gasteiger partial charge in [0.1, 0.15) is 0 Å². The number of carboxylic acids is 1. The van der Waals surface area contributed by atoms with Crippen LogP contribution in [-0.4, -0.2) is 66.3 Å². The fourth-order valence-electron chi connectivity index (χ4n) is 2.86. The van der Waals surface area contributed by atoms with Gasteiger partial charge in [-0.1, -0.05) is 0 Å². The van der Waals surface area contributed by atoms with Crippen molar-refractivity contribution in [3.05, 3.63) is 0 Å². The van der Waals surface area contributed by atoms with Crippen LogP contribution in [0, 0.1) is 5.92 Å². The zero-order valence-electron chi connectivity index (χ0n) is 11.4. The van der Waals surface area contributed by atoms with E-state index in [1.54, 1.807) is 9.80 Å². The van der Waals surface area contributed by atoms with E-state index in [0.717, 1.165) is 25.8 Å². The van der Waals surface area contributed by atoms with Gasteiger partial charge in [-0.15, -0.1) is 0 Å². The Morgan fingerprint density at radius 3 is 2.84 bits per heavy atom. The Labute approximate surface area is 113 Å². The lowest BCUT2D eigenvalue weighted by Crippen LogP contribution is -2.49. The fraction of sp³-hybridized carbons (Fsp3) is 0.846. The van der Waals surface area contributed by atoms with Gasteiger partial charge < -0.3 is 19.6 Å². The summed E-state index contributed by atoms with van der Waals surface area (Å²) in [5, 5.41) is 8.84. The SMILES string of the molecule is CN(C(=O)N1CCCC(CC(=O)O)C1)C1CCOC1. The van der Waals surface area contributed by atoms with E-state index in [9.17, 15) is 9.59 Å². The predicted octanol–water partition coefficient (Wildman–Crippen LogP) is 1.01. The lowest BCUT2D eigenvalue weighted by molar-refractivity contribution is -0.138. The van der Waals surface area contributed by atoms with Crippen molar-refractivity contribution < 1.29 is 19.4 Å². The highest BCUT2D eigenvalue weighted by Crippen LogP contribution is 2.21. The second-order valence-corrected chi connectivity index (χ2v) is 5.46. The number of likely N-dealkylation sites (tertiary alicyclic amines) is 1. The van der Waals surface area contributed by atoms with E-state index < -0.39 is 5.97 Å². The molecule has 6 nitrogen and oxygen atoms in total. The van der Waals surface area contributed by atoms with Crippen LogP contribution in [0.1, 0.15) is 25.7 Å². The van der Waals surface area contributed by atoms with E-state index in [-0.39, 0.29) is 24.4 Å². The largest absolute Gasteiger partial charge is 0.481 e. The first-order valence-electron chi connectivity index (χ1n) is 6.89. The maximum atomic E-state index is 12.4.